The average Bonchev–Trinajstić information content (AvgIpc) is 2.30. The maximum absolute atomic E-state index is 13.5. The van der Waals surface area contributed by atoms with Crippen molar-refractivity contribution in [3.63, 3.8) is 0 Å². The highest BCUT2D eigenvalue weighted by Gasteiger charge is 2.12. The molecule has 0 aliphatic carbocycles. The highest BCUT2D eigenvalue weighted by Crippen LogP contribution is 2.27. The van der Waals surface area contributed by atoms with Crippen LogP contribution in [0.5, 0.6) is 0 Å². The third-order valence-corrected chi connectivity index (χ3v) is 3.24. The molecule has 94 valence electrons. The van der Waals surface area contributed by atoms with Gasteiger partial charge in [0, 0.05) is 10.0 Å². The molecule has 0 spiro atoms. The van der Waals surface area contributed by atoms with Crippen LogP contribution < -0.4 is 5.73 Å². The van der Waals surface area contributed by atoms with Crippen LogP contribution in [-0.4, -0.2) is 0 Å². The molecule has 0 saturated carbocycles. The summed E-state index contributed by atoms with van der Waals surface area (Å²) in [5.74, 6) is -0.268. The lowest BCUT2D eigenvalue weighted by atomic mass is 9.98. The maximum Gasteiger partial charge on any atom is 0.126 e. The predicted molar refractivity (Wildman–Crippen MR) is 73.6 cm³/mol. The van der Waals surface area contributed by atoms with E-state index in [0.717, 1.165) is 5.56 Å². The average molecular weight is 284 g/mol. The molecule has 2 aromatic rings. The Labute approximate surface area is 115 Å². The van der Waals surface area contributed by atoms with E-state index < -0.39 is 6.04 Å². The molecule has 0 aliphatic heterocycles. The van der Waals surface area contributed by atoms with E-state index in [9.17, 15) is 4.39 Å². The van der Waals surface area contributed by atoms with Crippen molar-refractivity contribution in [3.05, 3.63) is 69.0 Å². The lowest BCUT2D eigenvalue weighted by molar-refractivity contribution is 0.614. The zero-order chi connectivity index (χ0) is 13.3. The summed E-state index contributed by atoms with van der Waals surface area (Å²) >= 11 is 11.8. The van der Waals surface area contributed by atoms with Crippen molar-refractivity contribution in [1.29, 1.82) is 0 Å². The standard InChI is InChI=1S/C14H12Cl2FN/c1-8-2-3-9(6-13(8)17)14(18)10-4-11(15)7-12(16)5-10/h2-7,14H,18H2,1H3. The number of rotatable bonds is 2. The van der Waals surface area contributed by atoms with Crippen molar-refractivity contribution in [2.24, 2.45) is 5.73 Å². The van der Waals surface area contributed by atoms with Crippen LogP contribution in [-0.2, 0) is 0 Å². The van der Waals surface area contributed by atoms with Gasteiger partial charge >= 0.3 is 0 Å². The molecule has 2 aromatic carbocycles. The quantitative estimate of drug-likeness (QED) is 0.864. The molecule has 2 rings (SSSR count). The van der Waals surface area contributed by atoms with E-state index in [1.807, 2.05) is 0 Å². The molecule has 2 N–H and O–H groups in total. The molecule has 0 fully saturated rings. The number of aryl methyl sites for hydroxylation is 1. The van der Waals surface area contributed by atoms with Crippen LogP contribution in [0.3, 0.4) is 0 Å². The Morgan fingerprint density at radius 2 is 1.61 bits per heavy atom. The van der Waals surface area contributed by atoms with E-state index in [1.165, 1.54) is 6.07 Å². The van der Waals surface area contributed by atoms with Crippen LogP contribution in [0.2, 0.25) is 10.0 Å². The Bertz CT molecular complexity index is 564. The highest BCUT2D eigenvalue weighted by atomic mass is 35.5. The van der Waals surface area contributed by atoms with Crippen LogP contribution in [0.1, 0.15) is 22.7 Å². The monoisotopic (exact) mass is 283 g/mol. The van der Waals surface area contributed by atoms with Crippen LogP contribution >= 0.6 is 23.2 Å². The second-order valence-electron chi connectivity index (χ2n) is 4.19. The molecule has 1 unspecified atom stereocenters. The summed E-state index contributed by atoms with van der Waals surface area (Å²) in [4.78, 5) is 0. The van der Waals surface area contributed by atoms with Crippen molar-refractivity contribution in [3.8, 4) is 0 Å². The molecule has 0 aromatic heterocycles. The predicted octanol–water partition coefficient (Wildman–Crippen LogP) is 4.49. The first-order chi connectivity index (χ1) is 8.47. The number of hydrogen-bond donors (Lipinski definition) is 1. The summed E-state index contributed by atoms with van der Waals surface area (Å²) in [5, 5.41) is 1.03. The summed E-state index contributed by atoms with van der Waals surface area (Å²) in [6, 6.07) is 9.60. The first-order valence-corrected chi connectivity index (χ1v) is 6.20. The van der Waals surface area contributed by atoms with Crippen molar-refractivity contribution in [1.82, 2.24) is 0 Å². The molecule has 0 aliphatic rings. The van der Waals surface area contributed by atoms with Gasteiger partial charge in [-0.05, 0) is 47.9 Å². The minimum atomic E-state index is -0.448. The van der Waals surface area contributed by atoms with Gasteiger partial charge in [0.15, 0.2) is 0 Å². The number of halogens is 3. The number of nitrogens with two attached hydrogens (primary N) is 1. The normalized spacial score (nSPS) is 12.5. The molecule has 18 heavy (non-hydrogen) atoms. The lowest BCUT2D eigenvalue weighted by Crippen LogP contribution is -2.12. The van der Waals surface area contributed by atoms with E-state index in [-0.39, 0.29) is 5.82 Å². The van der Waals surface area contributed by atoms with E-state index in [2.05, 4.69) is 0 Å². The van der Waals surface area contributed by atoms with E-state index in [1.54, 1.807) is 37.3 Å². The van der Waals surface area contributed by atoms with E-state index in [0.29, 0.717) is 21.2 Å². The smallest absolute Gasteiger partial charge is 0.126 e. The first kappa shape index (κ1) is 13.3. The van der Waals surface area contributed by atoms with Crippen LogP contribution in [0.15, 0.2) is 36.4 Å². The zero-order valence-corrected chi connectivity index (χ0v) is 11.3. The second kappa shape index (κ2) is 5.27. The van der Waals surface area contributed by atoms with Crippen molar-refractivity contribution < 1.29 is 4.39 Å². The molecular formula is C14H12Cl2FN. The van der Waals surface area contributed by atoms with Gasteiger partial charge in [0.2, 0.25) is 0 Å². The Kier molecular flexibility index (Phi) is 3.91. The maximum atomic E-state index is 13.5. The molecule has 0 amide bonds. The van der Waals surface area contributed by atoms with Crippen LogP contribution in [0.25, 0.3) is 0 Å². The van der Waals surface area contributed by atoms with Crippen LogP contribution in [0, 0.1) is 12.7 Å². The third-order valence-electron chi connectivity index (χ3n) is 2.80. The van der Waals surface area contributed by atoms with Gasteiger partial charge in [-0.2, -0.15) is 0 Å². The fraction of sp³-hybridized carbons (Fsp3) is 0.143. The number of hydrogen-bond acceptors (Lipinski definition) is 1. The summed E-state index contributed by atoms with van der Waals surface area (Å²) in [6.07, 6.45) is 0. The summed E-state index contributed by atoms with van der Waals surface area (Å²) < 4.78 is 13.5. The molecule has 0 saturated heterocycles. The summed E-state index contributed by atoms with van der Waals surface area (Å²) in [5.41, 5.74) is 8.13. The molecule has 0 heterocycles. The summed E-state index contributed by atoms with van der Waals surface area (Å²) in [6.45, 7) is 1.71. The van der Waals surface area contributed by atoms with Crippen LogP contribution in [0.4, 0.5) is 4.39 Å². The minimum Gasteiger partial charge on any atom is -0.320 e. The summed E-state index contributed by atoms with van der Waals surface area (Å²) in [7, 11) is 0. The largest absolute Gasteiger partial charge is 0.320 e. The Morgan fingerprint density at radius 3 is 2.17 bits per heavy atom. The Hall–Kier alpha value is -1.09. The highest BCUT2D eigenvalue weighted by molar-refractivity contribution is 6.34. The Morgan fingerprint density at radius 1 is 1.00 bits per heavy atom. The van der Waals surface area contributed by atoms with Gasteiger partial charge in [-0.15, -0.1) is 0 Å². The van der Waals surface area contributed by atoms with Gasteiger partial charge in [-0.1, -0.05) is 35.3 Å². The van der Waals surface area contributed by atoms with E-state index in [4.69, 9.17) is 28.9 Å². The molecular weight excluding hydrogens is 272 g/mol. The molecule has 0 radical (unpaired) electrons. The molecule has 1 atom stereocenters. The molecule has 1 nitrogen and oxygen atoms in total. The molecule has 0 bridgehead atoms. The lowest BCUT2D eigenvalue weighted by Gasteiger charge is -2.14. The van der Waals surface area contributed by atoms with Gasteiger partial charge in [0.1, 0.15) is 5.82 Å². The van der Waals surface area contributed by atoms with Gasteiger partial charge in [-0.3, -0.25) is 0 Å². The Balaban J connectivity index is 2.40. The van der Waals surface area contributed by atoms with Gasteiger partial charge in [0.05, 0.1) is 6.04 Å². The second-order valence-corrected chi connectivity index (χ2v) is 5.06. The minimum absolute atomic E-state index is 0.268. The van der Waals surface area contributed by atoms with Crippen molar-refractivity contribution >= 4 is 23.2 Å². The zero-order valence-electron chi connectivity index (χ0n) is 9.75. The third kappa shape index (κ3) is 2.83. The number of benzene rings is 2. The van der Waals surface area contributed by atoms with E-state index >= 15 is 0 Å². The van der Waals surface area contributed by atoms with Gasteiger partial charge in [-0.25, -0.2) is 4.39 Å². The van der Waals surface area contributed by atoms with Crippen molar-refractivity contribution in [2.45, 2.75) is 13.0 Å². The van der Waals surface area contributed by atoms with Gasteiger partial charge in [0.25, 0.3) is 0 Å². The molecule has 4 heteroatoms. The van der Waals surface area contributed by atoms with Gasteiger partial charge < -0.3 is 5.73 Å². The first-order valence-electron chi connectivity index (χ1n) is 5.45. The SMILES string of the molecule is Cc1ccc(C(N)c2cc(Cl)cc(Cl)c2)cc1F. The topological polar surface area (TPSA) is 26.0 Å². The fourth-order valence-corrected chi connectivity index (χ4v) is 2.29. The fourth-order valence-electron chi connectivity index (χ4n) is 1.75. The van der Waals surface area contributed by atoms with Crippen molar-refractivity contribution in [2.75, 3.05) is 0 Å².